The maximum Gasteiger partial charge on any atom is 0.317 e. The number of carboxylic acids is 1. The van der Waals surface area contributed by atoms with E-state index in [4.69, 9.17) is 0 Å². The normalized spacial score (nSPS) is 30.5. The van der Waals surface area contributed by atoms with Crippen molar-refractivity contribution in [1.29, 1.82) is 0 Å². The van der Waals surface area contributed by atoms with E-state index >= 15 is 0 Å². The predicted octanol–water partition coefficient (Wildman–Crippen LogP) is 1.43. The molecule has 0 aromatic heterocycles. The number of carboxylic acid groups (broad SMARTS) is 1. The van der Waals surface area contributed by atoms with Crippen molar-refractivity contribution in [3.05, 3.63) is 0 Å². The van der Waals surface area contributed by atoms with Crippen molar-refractivity contribution in [2.75, 3.05) is 19.7 Å². The molecule has 0 spiro atoms. The molecule has 3 atom stereocenters. The van der Waals surface area contributed by atoms with E-state index in [1.807, 2.05) is 0 Å². The van der Waals surface area contributed by atoms with Crippen molar-refractivity contribution in [2.24, 2.45) is 11.8 Å². The van der Waals surface area contributed by atoms with Gasteiger partial charge in [-0.25, -0.2) is 4.79 Å². The smallest absolute Gasteiger partial charge is 0.317 e. The third kappa shape index (κ3) is 4.33. The van der Waals surface area contributed by atoms with Crippen LogP contribution in [0.1, 0.15) is 44.9 Å². The topological polar surface area (TPSA) is 89.9 Å². The van der Waals surface area contributed by atoms with Gasteiger partial charge in [0, 0.05) is 25.7 Å². The lowest BCUT2D eigenvalue weighted by Gasteiger charge is -2.34. The molecule has 1 heterocycles. The number of likely N-dealkylation sites (tertiary alicyclic amines) is 1. The predicted molar refractivity (Wildman–Crippen MR) is 77.9 cm³/mol. The first-order valence-electron chi connectivity index (χ1n) is 8.01. The second kappa shape index (κ2) is 7.64. The van der Waals surface area contributed by atoms with Gasteiger partial charge in [0.2, 0.25) is 0 Å². The van der Waals surface area contributed by atoms with Crippen LogP contribution in [0.25, 0.3) is 0 Å². The van der Waals surface area contributed by atoms with Crippen LogP contribution in [-0.2, 0) is 4.79 Å². The number of carbonyl (C=O) groups is 2. The van der Waals surface area contributed by atoms with E-state index in [0.29, 0.717) is 19.5 Å². The lowest BCUT2D eigenvalue weighted by Crippen LogP contribution is -2.51. The third-order valence-corrected chi connectivity index (χ3v) is 4.71. The van der Waals surface area contributed by atoms with Gasteiger partial charge in [0.15, 0.2) is 0 Å². The largest absolute Gasteiger partial charge is 0.481 e. The Morgan fingerprint density at radius 2 is 1.86 bits per heavy atom. The summed E-state index contributed by atoms with van der Waals surface area (Å²) in [4.78, 5) is 25.4. The Bertz CT molecular complexity index is 375. The second-order valence-corrected chi connectivity index (χ2v) is 6.28. The molecule has 6 heteroatoms. The summed E-state index contributed by atoms with van der Waals surface area (Å²) in [6.45, 7) is 1.35. The van der Waals surface area contributed by atoms with Gasteiger partial charge in [-0.1, -0.05) is 19.3 Å². The molecular weight excluding hydrogens is 272 g/mol. The quantitative estimate of drug-likeness (QED) is 0.688. The highest BCUT2D eigenvalue weighted by molar-refractivity contribution is 5.77. The molecule has 0 bridgehead atoms. The van der Waals surface area contributed by atoms with Crippen molar-refractivity contribution >= 4 is 12.0 Å². The van der Waals surface area contributed by atoms with Gasteiger partial charge < -0.3 is 20.4 Å². The van der Waals surface area contributed by atoms with E-state index < -0.39 is 11.9 Å². The van der Waals surface area contributed by atoms with Gasteiger partial charge in [-0.15, -0.1) is 0 Å². The highest BCUT2D eigenvalue weighted by Crippen LogP contribution is 2.24. The summed E-state index contributed by atoms with van der Waals surface area (Å²) in [6.07, 6.45) is 6.13. The lowest BCUT2D eigenvalue weighted by atomic mass is 9.95. The van der Waals surface area contributed by atoms with Crippen LogP contribution < -0.4 is 5.32 Å². The first-order chi connectivity index (χ1) is 10.1. The number of carbonyl (C=O) groups excluding carboxylic acids is 1. The number of piperidine rings is 1. The zero-order chi connectivity index (χ0) is 15.2. The molecule has 1 saturated carbocycles. The highest BCUT2D eigenvalue weighted by atomic mass is 16.4. The average Bonchev–Trinajstić information content (AvgIpc) is 2.72. The van der Waals surface area contributed by atoms with Crippen molar-refractivity contribution in [3.63, 3.8) is 0 Å². The van der Waals surface area contributed by atoms with E-state index in [1.54, 1.807) is 4.90 Å². The number of aliphatic carboxylic acids is 1. The summed E-state index contributed by atoms with van der Waals surface area (Å²) in [6, 6.07) is -0.446. The van der Waals surface area contributed by atoms with Crippen LogP contribution in [-0.4, -0.2) is 52.9 Å². The fraction of sp³-hybridized carbons (Fsp3) is 0.867. The number of hydrogen-bond donors (Lipinski definition) is 3. The van der Waals surface area contributed by atoms with E-state index in [2.05, 4.69) is 5.32 Å². The zero-order valence-corrected chi connectivity index (χ0v) is 12.5. The molecule has 1 aliphatic heterocycles. The van der Waals surface area contributed by atoms with E-state index in [-0.39, 0.29) is 24.6 Å². The number of aliphatic hydroxyl groups excluding tert-OH is 1. The average molecular weight is 298 g/mol. The molecule has 2 fully saturated rings. The van der Waals surface area contributed by atoms with Crippen molar-refractivity contribution in [1.82, 2.24) is 10.2 Å². The molecule has 2 rings (SSSR count). The number of rotatable bonds is 3. The maximum atomic E-state index is 12.3. The van der Waals surface area contributed by atoms with Gasteiger partial charge in [-0.2, -0.15) is 0 Å². The van der Waals surface area contributed by atoms with Crippen LogP contribution in [0.3, 0.4) is 0 Å². The van der Waals surface area contributed by atoms with Gasteiger partial charge in [0.1, 0.15) is 0 Å². The van der Waals surface area contributed by atoms with Gasteiger partial charge in [0.25, 0.3) is 0 Å². The van der Waals surface area contributed by atoms with Crippen LogP contribution in [0.4, 0.5) is 4.79 Å². The minimum atomic E-state index is -0.811. The van der Waals surface area contributed by atoms with E-state index in [1.165, 1.54) is 0 Å². The van der Waals surface area contributed by atoms with Crippen LogP contribution in [0.15, 0.2) is 0 Å². The van der Waals surface area contributed by atoms with Crippen LogP contribution in [0.5, 0.6) is 0 Å². The number of hydrogen-bond acceptors (Lipinski definition) is 3. The molecule has 0 aromatic carbocycles. The Balaban J connectivity index is 1.94. The van der Waals surface area contributed by atoms with Crippen LogP contribution >= 0.6 is 0 Å². The minimum absolute atomic E-state index is 0.102. The number of amides is 2. The SMILES string of the molecule is O=C(O)C1CCCCCC1NC(=O)N1CCCC(CO)C1. The van der Waals surface area contributed by atoms with Crippen molar-refractivity contribution in [2.45, 2.75) is 51.0 Å². The summed E-state index contributed by atoms with van der Waals surface area (Å²) >= 11 is 0. The summed E-state index contributed by atoms with van der Waals surface area (Å²) in [5.74, 6) is -1.14. The second-order valence-electron chi connectivity index (χ2n) is 6.28. The Morgan fingerprint density at radius 3 is 2.57 bits per heavy atom. The van der Waals surface area contributed by atoms with Crippen LogP contribution in [0.2, 0.25) is 0 Å². The summed E-state index contributed by atoms with van der Waals surface area (Å²) in [7, 11) is 0. The fourth-order valence-electron chi connectivity index (χ4n) is 3.42. The molecule has 0 aromatic rings. The molecule has 6 nitrogen and oxygen atoms in total. The molecular formula is C15H26N2O4. The number of aliphatic hydroxyl groups is 1. The van der Waals surface area contributed by atoms with Gasteiger partial charge in [-0.3, -0.25) is 4.79 Å². The van der Waals surface area contributed by atoms with E-state index in [9.17, 15) is 19.8 Å². The lowest BCUT2D eigenvalue weighted by molar-refractivity contribution is -0.142. The Hall–Kier alpha value is -1.30. The molecule has 120 valence electrons. The van der Waals surface area contributed by atoms with Gasteiger partial charge in [-0.05, 0) is 31.6 Å². The van der Waals surface area contributed by atoms with Crippen LogP contribution in [0, 0.1) is 11.8 Å². The Kier molecular flexibility index (Phi) is 5.85. The minimum Gasteiger partial charge on any atom is -0.481 e. The summed E-state index contributed by atoms with van der Waals surface area (Å²) < 4.78 is 0. The van der Waals surface area contributed by atoms with Gasteiger partial charge >= 0.3 is 12.0 Å². The van der Waals surface area contributed by atoms with E-state index in [0.717, 1.165) is 38.5 Å². The Morgan fingerprint density at radius 1 is 1.10 bits per heavy atom. The molecule has 3 unspecified atom stereocenters. The molecule has 2 amide bonds. The highest BCUT2D eigenvalue weighted by Gasteiger charge is 2.32. The first-order valence-corrected chi connectivity index (χ1v) is 8.01. The standard InChI is InChI=1S/C15H26N2O4/c18-10-11-5-4-8-17(9-11)15(21)16-13-7-3-1-2-6-12(13)14(19)20/h11-13,18H,1-10H2,(H,16,21)(H,19,20). The third-order valence-electron chi connectivity index (χ3n) is 4.71. The molecule has 0 radical (unpaired) electrons. The molecule has 2 aliphatic rings. The number of nitrogens with zero attached hydrogens (tertiary/aromatic N) is 1. The van der Waals surface area contributed by atoms with Crippen molar-refractivity contribution < 1.29 is 19.8 Å². The first kappa shape index (κ1) is 16.1. The van der Waals surface area contributed by atoms with Crippen molar-refractivity contribution in [3.8, 4) is 0 Å². The maximum absolute atomic E-state index is 12.3. The number of nitrogens with one attached hydrogen (secondary N) is 1. The molecule has 21 heavy (non-hydrogen) atoms. The monoisotopic (exact) mass is 298 g/mol. The molecule has 3 N–H and O–H groups in total. The zero-order valence-electron chi connectivity index (χ0n) is 12.5. The fourth-order valence-corrected chi connectivity index (χ4v) is 3.42. The summed E-state index contributed by atoms with van der Waals surface area (Å²) in [5, 5.41) is 21.5. The molecule has 1 aliphatic carbocycles. The Labute approximate surface area is 125 Å². The number of urea groups is 1. The summed E-state index contributed by atoms with van der Waals surface area (Å²) in [5.41, 5.74) is 0. The van der Waals surface area contributed by atoms with Gasteiger partial charge in [0.05, 0.1) is 5.92 Å². The molecule has 1 saturated heterocycles.